The van der Waals surface area contributed by atoms with Crippen molar-refractivity contribution in [1.29, 1.82) is 0 Å². The molecular weight excluding hydrogens is 460 g/mol. The van der Waals surface area contributed by atoms with Crippen molar-refractivity contribution in [3.63, 3.8) is 0 Å². The fourth-order valence-corrected chi connectivity index (χ4v) is 4.12. The van der Waals surface area contributed by atoms with Gasteiger partial charge in [-0.2, -0.15) is 0 Å². The smallest absolute Gasteiger partial charge is 0.320 e. The lowest BCUT2D eigenvalue weighted by Gasteiger charge is -2.31. The Balaban J connectivity index is 1.97. The molecular formula is C24H19BrN2O4. The number of aromatic hydroxyl groups is 1. The van der Waals surface area contributed by atoms with Crippen LogP contribution >= 0.6 is 15.9 Å². The van der Waals surface area contributed by atoms with Crippen LogP contribution in [0.2, 0.25) is 0 Å². The molecule has 1 heterocycles. The molecule has 0 spiro atoms. The van der Waals surface area contributed by atoms with Gasteiger partial charge in [-0.1, -0.05) is 76.6 Å². The fourth-order valence-electron chi connectivity index (χ4n) is 3.56. The maximum Gasteiger partial charge on any atom is 0.320 e. The third-order valence-corrected chi connectivity index (χ3v) is 5.71. The number of ether oxygens (including phenoxy) is 1. The third-order valence-electron chi connectivity index (χ3n) is 5.02. The molecule has 0 radical (unpaired) electrons. The van der Waals surface area contributed by atoms with E-state index in [9.17, 15) is 14.7 Å². The first-order valence-electron chi connectivity index (χ1n) is 9.53. The van der Waals surface area contributed by atoms with Crippen LogP contribution in [0.1, 0.15) is 27.5 Å². The minimum absolute atomic E-state index is 0.0541. The Kier molecular flexibility index (Phi) is 5.77. The highest BCUT2D eigenvalue weighted by atomic mass is 79.9. The number of amides is 2. The third kappa shape index (κ3) is 4.04. The van der Waals surface area contributed by atoms with Crippen LogP contribution in [0.5, 0.6) is 11.5 Å². The Morgan fingerprint density at radius 2 is 1.68 bits per heavy atom. The van der Waals surface area contributed by atoms with Crippen LogP contribution in [0.25, 0.3) is 5.70 Å². The topological polar surface area (TPSA) is 87.7 Å². The Labute approximate surface area is 187 Å². The zero-order chi connectivity index (χ0) is 22.0. The lowest BCUT2D eigenvalue weighted by atomic mass is 9.87. The van der Waals surface area contributed by atoms with E-state index in [4.69, 9.17) is 4.74 Å². The van der Waals surface area contributed by atoms with Crippen LogP contribution < -0.4 is 15.4 Å². The second-order valence-electron chi connectivity index (χ2n) is 6.93. The van der Waals surface area contributed by atoms with E-state index >= 15 is 0 Å². The summed E-state index contributed by atoms with van der Waals surface area (Å²) in [6.07, 6.45) is 0. The molecule has 6 nitrogen and oxygen atoms in total. The predicted octanol–water partition coefficient (Wildman–Crippen LogP) is 4.81. The van der Waals surface area contributed by atoms with E-state index in [1.165, 1.54) is 13.2 Å². The molecule has 3 N–H and O–H groups in total. The zero-order valence-electron chi connectivity index (χ0n) is 16.6. The van der Waals surface area contributed by atoms with E-state index in [0.717, 1.165) is 0 Å². The first-order valence-corrected chi connectivity index (χ1v) is 10.3. The molecule has 3 aromatic carbocycles. The van der Waals surface area contributed by atoms with Crippen LogP contribution in [0.3, 0.4) is 0 Å². The first-order chi connectivity index (χ1) is 15.0. The maximum atomic E-state index is 13.7. The number of Topliss-reactive ketones (excluding diaryl/α,β-unsaturated/α-hetero) is 1. The predicted molar refractivity (Wildman–Crippen MR) is 121 cm³/mol. The van der Waals surface area contributed by atoms with Gasteiger partial charge in [0.2, 0.25) is 0 Å². The van der Waals surface area contributed by atoms with Gasteiger partial charge in [0.15, 0.2) is 17.3 Å². The number of benzene rings is 3. The van der Waals surface area contributed by atoms with Crippen molar-refractivity contribution >= 4 is 33.4 Å². The Hall–Kier alpha value is -3.58. The minimum Gasteiger partial charge on any atom is -0.504 e. The number of carbonyl (C=O) groups excluding carboxylic acids is 2. The average Bonchev–Trinajstić information content (AvgIpc) is 2.79. The van der Waals surface area contributed by atoms with Gasteiger partial charge in [-0.25, -0.2) is 4.79 Å². The number of phenols is 1. The summed E-state index contributed by atoms with van der Waals surface area (Å²) in [7, 11) is 1.44. The molecule has 31 heavy (non-hydrogen) atoms. The molecule has 2 amide bonds. The van der Waals surface area contributed by atoms with Crippen LogP contribution in [0.15, 0.2) is 82.8 Å². The number of halogens is 1. The number of rotatable bonds is 5. The summed E-state index contributed by atoms with van der Waals surface area (Å²) in [6.45, 7) is 0. The van der Waals surface area contributed by atoms with Crippen LogP contribution in [0.4, 0.5) is 4.79 Å². The molecule has 1 atom stereocenters. The summed E-state index contributed by atoms with van der Waals surface area (Å²) in [6, 6.07) is 20.0. The number of hydrogen-bond acceptors (Lipinski definition) is 4. The van der Waals surface area contributed by atoms with Gasteiger partial charge in [0.25, 0.3) is 0 Å². The number of methoxy groups -OCH3 is 1. The van der Waals surface area contributed by atoms with Crippen molar-refractivity contribution in [2.75, 3.05) is 7.11 Å². The van der Waals surface area contributed by atoms with Crippen molar-refractivity contribution in [3.05, 3.63) is 99.5 Å². The molecule has 0 aromatic heterocycles. The largest absolute Gasteiger partial charge is 0.504 e. The summed E-state index contributed by atoms with van der Waals surface area (Å²) < 4.78 is 5.78. The normalized spacial score (nSPS) is 15.8. The molecule has 0 saturated heterocycles. The molecule has 1 unspecified atom stereocenters. The second kappa shape index (κ2) is 8.65. The number of nitrogens with one attached hydrogen (secondary N) is 2. The minimum atomic E-state index is -0.777. The monoisotopic (exact) mass is 478 g/mol. The summed E-state index contributed by atoms with van der Waals surface area (Å²) in [5, 5.41) is 15.8. The summed E-state index contributed by atoms with van der Waals surface area (Å²) in [5.74, 6) is -0.0452. The molecule has 1 aliphatic rings. The highest BCUT2D eigenvalue weighted by Gasteiger charge is 2.35. The average molecular weight is 479 g/mol. The van der Waals surface area contributed by atoms with E-state index < -0.39 is 12.1 Å². The van der Waals surface area contributed by atoms with E-state index in [-0.39, 0.29) is 17.3 Å². The number of carbonyl (C=O) groups is 2. The van der Waals surface area contributed by atoms with Gasteiger partial charge in [-0.15, -0.1) is 0 Å². The van der Waals surface area contributed by atoms with Gasteiger partial charge in [0.1, 0.15) is 0 Å². The molecule has 7 heteroatoms. The van der Waals surface area contributed by atoms with Crippen molar-refractivity contribution < 1.29 is 19.4 Å². The van der Waals surface area contributed by atoms with Crippen LogP contribution in [0, 0.1) is 0 Å². The molecule has 0 saturated carbocycles. The van der Waals surface area contributed by atoms with Gasteiger partial charge in [-0.3, -0.25) is 4.79 Å². The van der Waals surface area contributed by atoms with E-state index in [0.29, 0.717) is 32.4 Å². The van der Waals surface area contributed by atoms with Gasteiger partial charge in [0.05, 0.1) is 24.4 Å². The van der Waals surface area contributed by atoms with Crippen molar-refractivity contribution in [2.24, 2.45) is 0 Å². The molecule has 1 aliphatic heterocycles. The lowest BCUT2D eigenvalue weighted by molar-refractivity contribution is 0.102. The van der Waals surface area contributed by atoms with Crippen LogP contribution in [-0.4, -0.2) is 24.0 Å². The SMILES string of the molecule is COc1cc(C2NC(=O)NC(c3ccccc3)=C2C(=O)c2ccccc2)c(Br)cc1O. The quantitative estimate of drug-likeness (QED) is 0.459. The second-order valence-corrected chi connectivity index (χ2v) is 7.78. The molecule has 0 aliphatic carbocycles. The number of ketones is 1. The number of hydrogen-bond donors (Lipinski definition) is 3. The van der Waals surface area contributed by atoms with Crippen molar-refractivity contribution in [3.8, 4) is 11.5 Å². The zero-order valence-corrected chi connectivity index (χ0v) is 18.1. The standard InChI is InChI=1S/C24H19BrN2O4/c1-31-19-12-16(17(25)13-18(19)28)22-20(23(29)15-10-6-3-7-11-15)21(26-24(30)27-22)14-8-4-2-5-9-14/h2-13,22,28H,1H3,(H2,26,27,30). The Bertz CT molecular complexity index is 1180. The maximum absolute atomic E-state index is 13.7. The van der Waals surface area contributed by atoms with Gasteiger partial charge in [0, 0.05) is 10.0 Å². The fraction of sp³-hybridized carbons (Fsp3) is 0.0833. The van der Waals surface area contributed by atoms with Gasteiger partial charge in [-0.05, 0) is 23.3 Å². The van der Waals surface area contributed by atoms with Gasteiger partial charge >= 0.3 is 6.03 Å². The highest BCUT2D eigenvalue weighted by molar-refractivity contribution is 9.10. The molecule has 4 rings (SSSR count). The molecule has 0 fully saturated rings. The molecule has 3 aromatic rings. The Morgan fingerprint density at radius 1 is 1.03 bits per heavy atom. The van der Waals surface area contributed by atoms with Crippen molar-refractivity contribution in [2.45, 2.75) is 6.04 Å². The lowest BCUT2D eigenvalue weighted by Crippen LogP contribution is -2.45. The first kappa shape index (κ1) is 20.7. The number of urea groups is 1. The van der Waals surface area contributed by atoms with E-state index in [1.807, 2.05) is 36.4 Å². The summed E-state index contributed by atoms with van der Waals surface area (Å²) in [4.78, 5) is 26.3. The Morgan fingerprint density at radius 3 is 2.32 bits per heavy atom. The highest BCUT2D eigenvalue weighted by Crippen LogP contribution is 2.40. The summed E-state index contributed by atoms with van der Waals surface area (Å²) in [5.41, 5.74) is 2.60. The van der Waals surface area contributed by atoms with Gasteiger partial charge < -0.3 is 20.5 Å². The molecule has 0 bridgehead atoms. The summed E-state index contributed by atoms with van der Waals surface area (Å²) >= 11 is 3.45. The van der Waals surface area contributed by atoms with Crippen LogP contribution in [-0.2, 0) is 0 Å². The van der Waals surface area contributed by atoms with E-state index in [1.54, 1.807) is 30.3 Å². The van der Waals surface area contributed by atoms with E-state index in [2.05, 4.69) is 26.6 Å². The van der Waals surface area contributed by atoms with Crippen molar-refractivity contribution in [1.82, 2.24) is 10.6 Å². The number of phenolic OH excluding ortho intramolecular Hbond substituents is 1. The molecule has 156 valence electrons.